The van der Waals surface area contributed by atoms with Gasteiger partial charge < -0.3 is 4.74 Å². The first-order valence-corrected chi connectivity index (χ1v) is 6.69. The summed E-state index contributed by atoms with van der Waals surface area (Å²) in [6.07, 6.45) is 0. The van der Waals surface area contributed by atoms with Crippen molar-refractivity contribution < 1.29 is 9.53 Å². The van der Waals surface area contributed by atoms with E-state index in [1.807, 2.05) is 44.2 Å². The van der Waals surface area contributed by atoms with Gasteiger partial charge in [-0.15, -0.1) is 0 Å². The maximum atomic E-state index is 11.9. The molecule has 0 N–H and O–H groups in total. The van der Waals surface area contributed by atoms with E-state index in [-0.39, 0.29) is 5.97 Å². The van der Waals surface area contributed by atoms with Crippen LogP contribution in [0.2, 0.25) is 0 Å². The number of hydrogen-bond acceptors (Lipinski definition) is 2. The van der Waals surface area contributed by atoms with Crippen LogP contribution in [0.1, 0.15) is 21.5 Å². The molecular formula is C15H13IO2. The minimum absolute atomic E-state index is 0.324. The Balaban J connectivity index is 2.16. The van der Waals surface area contributed by atoms with Crippen LogP contribution < -0.4 is 4.74 Å². The zero-order chi connectivity index (χ0) is 13.1. The second-order valence-electron chi connectivity index (χ2n) is 4.14. The summed E-state index contributed by atoms with van der Waals surface area (Å²) in [5, 5.41) is 0. The predicted octanol–water partition coefficient (Wildman–Crippen LogP) is 4.13. The van der Waals surface area contributed by atoms with Gasteiger partial charge in [0.15, 0.2) is 0 Å². The lowest BCUT2D eigenvalue weighted by atomic mass is 10.1. The summed E-state index contributed by atoms with van der Waals surface area (Å²) in [5.41, 5.74) is 2.86. The van der Waals surface area contributed by atoms with Crippen molar-refractivity contribution in [3.05, 3.63) is 62.7 Å². The molecule has 0 bridgehead atoms. The zero-order valence-corrected chi connectivity index (χ0v) is 12.4. The number of benzene rings is 2. The van der Waals surface area contributed by atoms with Gasteiger partial charge in [-0.25, -0.2) is 4.79 Å². The highest BCUT2D eigenvalue weighted by Crippen LogP contribution is 2.18. The first-order chi connectivity index (χ1) is 8.56. The first-order valence-electron chi connectivity index (χ1n) is 5.61. The van der Waals surface area contributed by atoms with E-state index in [9.17, 15) is 4.79 Å². The molecule has 92 valence electrons. The fourth-order valence-corrected chi connectivity index (χ4v) is 1.89. The van der Waals surface area contributed by atoms with Gasteiger partial charge in [-0.05, 0) is 84.0 Å². The number of rotatable bonds is 2. The van der Waals surface area contributed by atoms with Gasteiger partial charge in [-0.3, -0.25) is 0 Å². The third-order valence-electron chi connectivity index (χ3n) is 2.77. The zero-order valence-electron chi connectivity index (χ0n) is 10.2. The molecule has 0 atom stereocenters. The number of halogens is 1. The fraction of sp³-hybridized carbons (Fsp3) is 0.133. The summed E-state index contributed by atoms with van der Waals surface area (Å²) in [4.78, 5) is 11.9. The van der Waals surface area contributed by atoms with Crippen molar-refractivity contribution in [3.63, 3.8) is 0 Å². The van der Waals surface area contributed by atoms with E-state index in [0.717, 1.165) is 9.13 Å². The number of carbonyl (C=O) groups is 1. The highest BCUT2D eigenvalue weighted by atomic mass is 127. The molecule has 0 saturated heterocycles. The molecule has 0 aromatic heterocycles. The number of carbonyl (C=O) groups excluding carboxylic acids is 1. The molecule has 0 amide bonds. The van der Waals surface area contributed by atoms with Crippen molar-refractivity contribution in [2.45, 2.75) is 13.8 Å². The van der Waals surface area contributed by atoms with Crippen LogP contribution in [0.4, 0.5) is 0 Å². The second-order valence-corrected chi connectivity index (χ2v) is 5.39. The van der Waals surface area contributed by atoms with Crippen molar-refractivity contribution >= 4 is 28.6 Å². The lowest BCUT2D eigenvalue weighted by molar-refractivity contribution is 0.0734. The summed E-state index contributed by atoms with van der Waals surface area (Å²) in [6.45, 7) is 4.03. The number of aryl methyl sites for hydroxylation is 2. The van der Waals surface area contributed by atoms with E-state index < -0.39 is 0 Å². The predicted molar refractivity (Wildman–Crippen MR) is 80.0 cm³/mol. The van der Waals surface area contributed by atoms with Crippen molar-refractivity contribution in [3.8, 4) is 5.75 Å². The summed E-state index contributed by atoms with van der Waals surface area (Å²) in [5.74, 6) is 0.260. The Labute approximate surface area is 120 Å². The number of esters is 1. The molecule has 0 radical (unpaired) electrons. The van der Waals surface area contributed by atoms with E-state index in [1.54, 1.807) is 12.1 Å². The summed E-state index contributed by atoms with van der Waals surface area (Å²) in [6, 6.07) is 12.9. The largest absolute Gasteiger partial charge is 0.423 e. The average Bonchev–Trinajstić information content (AvgIpc) is 2.34. The van der Waals surface area contributed by atoms with Gasteiger partial charge in [0.05, 0.1) is 5.56 Å². The fourth-order valence-electron chi connectivity index (χ4n) is 1.53. The highest BCUT2D eigenvalue weighted by Gasteiger charge is 2.08. The molecule has 2 nitrogen and oxygen atoms in total. The summed E-state index contributed by atoms with van der Waals surface area (Å²) >= 11 is 2.20. The van der Waals surface area contributed by atoms with E-state index in [4.69, 9.17) is 4.74 Å². The molecule has 18 heavy (non-hydrogen) atoms. The van der Waals surface area contributed by atoms with Gasteiger partial charge in [0.1, 0.15) is 5.75 Å². The van der Waals surface area contributed by atoms with Gasteiger partial charge >= 0.3 is 5.97 Å². The van der Waals surface area contributed by atoms with Gasteiger partial charge in [0.25, 0.3) is 0 Å². The van der Waals surface area contributed by atoms with E-state index in [1.165, 1.54) is 5.56 Å². The van der Waals surface area contributed by atoms with Crippen molar-refractivity contribution in [1.29, 1.82) is 0 Å². The third-order valence-corrected chi connectivity index (χ3v) is 3.49. The quantitative estimate of drug-likeness (QED) is 0.462. The number of hydrogen-bond donors (Lipinski definition) is 0. The molecule has 3 heteroatoms. The molecule has 0 heterocycles. The minimum atomic E-state index is -0.324. The molecular weight excluding hydrogens is 339 g/mol. The molecule has 0 saturated carbocycles. The molecule has 0 aliphatic carbocycles. The molecule has 0 fully saturated rings. The maximum Gasteiger partial charge on any atom is 0.343 e. The topological polar surface area (TPSA) is 26.3 Å². The lowest BCUT2D eigenvalue weighted by Gasteiger charge is -2.06. The van der Waals surface area contributed by atoms with Gasteiger partial charge in [0, 0.05) is 3.57 Å². The SMILES string of the molecule is Cc1ccc(OC(=O)c2ccc(I)cc2)cc1C. The summed E-state index contributed by atoms with van der Waals surface area (Å²) in [7, 11) is 0. The Morgan fingerprint density at radius 2 is 1.67 bits per heavy atom. The molecule has 0 aliphatic heterocycles. The highest BCUT2D eigenvalue weighted by molar-refractivity contribution is 14.1. The Hall–Kier alpha value is -1.36. The monoisotopic (exact) mass is 352 g/mol. The molecule has 2 rings (SSSR count). The Morgan fingerprint density at radius 3 is 2.28 bits per heavy atom. The molecule has 2 aromatic rings. The Kier molecular flexibility index (Phi) is 4.01. The van der Waals surface area contributed by atoms with Crippen LogP contribution in [-0.2, 0) is 0 Å². The standard InChI is InChI=1S/C15H13IO2/c1-10-3-8-14(9-11(10)2)18-15(17)12-4-6-13(16)7-5-12/h3-9H,1-2H3. The third kappa shape index (κ3) is 3.10. The van der Waals surface area contributed by atoms with Crippen LogP contribution in [0, 0.1) is 17.4 Å². The van der Waals surface area contributed by atoms with E-state index >= 15 is 0 Å². The van der Waals surface area contributed by atoms with Gasteiger partial charge in [0.2, 0.25) is 0 Å². The lowest BCUT2D eigenvalue weighted by Crippen LogP contribution is -2.08. The smallest absolute Gasteiger partial charge is 0.343 e. The second kappa shape index (κ2) is 5.52. The van der Waals surface area contributed by atoms with Crippen molar-refractivity contribution in [2.75, 3.05) is 0 Å². The van der Waals surface area contributed by atoms with E-state index in [2.05, 4.69) is 22.6 Å². The molecule has 0 aliphatic rings. The van der Waals surface area contributed by atoms with Crippen LogP contribution in [0.25, 0.3) is 0 Å². The van der Waals surface area contributed by atoms with Crippen LogP contribution in [0.5, 0.6) is 5.75 Å². The van der Waals surface area contributed by atoms with Crippen LogP contribution in [-0.4, -0.2) is 5.97 Å². The van der Waals surface area contributed by atoms with Gasteiger partial charge in [-0.2, -0.15) is 0 Å². The normalized spacial score (nSPS) is 10.2. The van der Waals surface area contributed by atoms with Crippen LogP contribution in [0.3, 0.4) is 0 Å². The minimum Gasteiger partial charge on any atom is -0.423 e. The first kappa shape index (κ1) is 13.1. The summed E-state index contributed by atoms with van der Waals surface area (Å²) < 4.78 is 6.43. The Morgan fingerprint density at radius 1 is 1.00 bits per heavy atom. The molecule has 0 spiro atoms. The maximum absolute atomic E-state index is 11.9. The van der Waals surface area contributed by atoms with E-state index in [0.29, 0.717) is 11.3 Å². The molecule has 0 unspecified atom stereocenters. The van der Waals surface area contributed by atoms with Gasteiger partial charge in [-0.1, -0.05) is 6.07 Å². The Bertz CT molecular complexity index is 574. The average molecular weight is 352 g/mol. The van der Waals surface area contributed by atoms with Crippen LogP contribution in [0.15, 0.2) is 42.5 Å². The van der Waals surface area contributed by atoms with Crippen molar-refractivity contribution in [1.82, 2.24) is 0 Å². The van der Waals surface area contributed by atoms with Crippen LogP contribution >= 0.6 is 22.6 Å². The van der Waals surface area contributed by atoms with Crippen molar-refractivity contribution in [2.24, 2.45) is 0 Å². The molecule has 2 aromatic carbocycles. The number of ether oxygens (including phenoxy) is 1.